The Kier molecular flexibility index (Phi) is 7.48. The molecule has 3 nitrogen and oxygen atoms in total. The molecule has 1 heterocycles. The number of rotatable bonds is 7. The van der Waals surface area contributed by atoms with Crippen molar-refractivity contribution in [1.82, 2.24) is 0 Å². The summed E-state index contributed by atoms with van der Waals surface area (Å²) >= 11 is 0. The Morgan fingerprint density at radius 1 is 1.07 bits per heavy atom. The lowest BCUT2D eigenvalue weighted by Gasteiger charge is -2.26. The van der Waals surface area contributed by atoms with Gasteiger partial charge in [0.2, 0.25) is 0 Å². The van der Waals surface area contributed by atoms with Crippen LogP contribution < -0.4 is 10.6 Å². The highest BCUT2D eigenvalue weighted by Crippen LogP contribution is 2.51. The van der Waals surface area contributed by atoms with Gasteiger partial charge >= 0.3 is 0 Å². The first kappa shape index (κ1) is 20.8. The minimum Gasteiger partial charge on any atom is -0.353 e. The van der Waals surface area contributed by atoms with E-state index in [1.807, 2.05) is 67.6 Å². The Labute approximate surface area is 168 Å². The Bertz CT molecular complexity index is 818. The molecule has 2 aromatic rings. The van der Waals surface area contributed by atoms with E-state index in [0.717, 1.165) is 48.5 Å². The van der Waals surface area contributed by atoms with Crippen LogP contribution in [0.3, 0.4) is 0 Å². The van der Waals surface area contributed by atoms with Crippen molar-refractivity contribution in [2.45, 2.75) is 45.8 Å². The molecule has 0 N–H and O–H groups in total. The molecule has 1 aliphatic heterocycles. The van der Waals surface area contributed by atoms with Gasteiger partial charge < -0.3 is 14.0 Å². The summed E-state index contributed by atoms with van der Waals surface area (Å²) in [6.07, 6.45) is 3.68. The van der Waals surface area contributed by atoms with Crippen molar-refractivity contribution in [2.24, 2.45) is 0 Å². The third-order valence-electron chi connectivity index (χ3n) is 5.05. The predicted octanol–water partition coefficient (Wildman–Crippen LogP) is 5.38. The van der Waals surface area contributed by atoms with Gasteiger partial charge in [-0.25, -0.2) is 0 Å². The van der Waals surface area contributed by atoms with E-state index in [0.29, 0.717) is 5.31 Å². The van der Waals surface area contributed by atoms with Crippen LogP contribution >= 0.6 is 7.14 Å². The fraction of sp³-hybridized carbons (Fsp3) is 0.375. The molecule has 2 aromatic carbocycles. The van der Waals surface area contributed by atoms with E-state index in [1.54, 1.807) is 0 Å². The van der Waals surface area contributed by atoms with Crippen molar-refractivity contribution >= 4 is 17.8 Å². The fourth-order valence-electron chi connectivity index (χ4n) is 3.29. The molecule has 0 amide bonds. The second-order valence-electron chi connectivity index (χ2n) is 7.09. The van der Waals surface area contributed by atoms with Crippen molar-refractivity contribution in [3.8, 4) is 0 Å². The van der Waals surface area contributed by atoms with Crippen LogP contribution in [0.5, 0.6) is 0 Å². The molecule has 0 bridgehead atoms. The minimum absolute atomic E-state index is 0.229. The van der Waals surface area contributed by atoms with Crippen LogP contribution in [-0.4, -0.2) is 19.5 Å². The lowest BCUT2D eigenvalue weighted by Crippen LogP contribution is -2.25. The average Bonchev–Trinajstić information content (AvgIpc) is 2.77. The molecule has 1 fully saturated rings. The minimum atomic E-state index is -3.06. The zero-order valence-corrected chi connectivity index (χ0v) is 17.7. The lowest BCUT2D eigenvalue weighted by molar-refractivity contribution is -0.156. The molecule has 1 saturated heterocycles. The van der Waals surface area contributed by atoms with Gasteiger partial charge in [0, 0.05) is 17.2 Å². The van der Waals surface area contributed by atoms with Crippen molar-refractivity contribution in [3.05, 3.63) is 77.3 Å². The monoisotopic (exact) mass is 396 g/mol. The zero-order chi connectivity index (χ0) is 19.8. The Hall–Kier alpha value is -1.89. The van der Waals surface area contributed by atoms with Crippen LogP contribution in [0.25, 0.3) is 0 Å². The summed E-state index contributed by atoms with van der Waals surface area (Å²) in [7, 11) is -3.06. The third kappa shape index (κ3) is 4.93. The maximum absolute atomic E-state index is 14.6. The Balaban J connectivity index is 2.07. The standard InChI is InChI=1S/C24H29O3P/c1-3-20(2)18-23(19-27-24-16-10-11-17-26-24)28(25,21-12-6-4-7-13-21)22-14-8-5-9-15-22/h4-9,12-15,24H,3,10-11,16-17,19H2,1-2H3. The Morgan fingerprint density at radius 2 is 1.68 bits per heavy atom. The quantitative estimate of drug-likeness (QED) is 0.465. The highest BCUT2D eigenvalue weighted by atomic mass is 31.2. The fourth-order valence-corrected chi connectivity index (χ4v) is 6.00. The molecule has 0 radical (unpaired) electrons. The van der Waals surface area contributed by atoms with Crippen molar-refractivity contribution in [2.75, 3.05) is 13.2 Å². The first-order valence-corrected chi connectivity index (χ1v) is 11.8. The van der Waals surface area contributed by atoms with Gasteiger partial charge in [-0.05, 0) is 38.2 Å². The van der Waals surface area contributed by atoms with E-state index in [1.165, 1.54) is 0 Å². The molecule has 0 spiro atoms. The van der Waals surface area contributed by atoms with Gasteiger partial charge in [0.25, 0.3) is 0 Å². The molecular weight excluding hydrogens is 367 g/mol. The molecule has 4 heteroatoms. The average molecular weight is 396 g/mol. The molecule has 1 aliphatic rings. The van der Waals surface area contributed by atoms with E-state index in [4.69, 9.17) is 9.47 Å². The number of hydrogen-bond acceptors (Lipinski definition) is 3. The van der Waals surface area contributed by atoms with E-state index < -0.39 is 7.14 Å². The van der Waals surface area contributed by atoms with Crippen molar-refractivity contribution in [3.63, 3.8) is 0 Å². The molecule has 0 aliphatic carbocycles. The van der Waals surface area contributed by atoms with E-state index in [-0.39, 0.29) is 12.9 Å². The van der Waals surface area contributed by atoms with Gasteiger partial charge in [0.05, 0.1) is 11.9 Å². The van der Waals surface area contributed by atoms with Crippen LogP contribution in [0, 0.1) is 0 Å². The van der Waals surface area contributed by atoms with E-state index >= 15 is 0 Å². The SMILES string of the molecule is CCC(C)=C=C(COC1CCCCO1)P(=O)(c1ccccc1)c1ccccc1. The van der Waals surface area contributed by atoms with Crippen molar-refractivity contribution < 1.29 is 14.0 Å². The second kappa shape index (κ2) is 10.0. The van der Waals surface area contributed by atoms with Gasteiger partial charge in [-0.15, -0.1) is 5.73 Å². The van der Waals surface area contributed by atoms with E-state index in [9.17, 15) is 4.57 Å². The second-order valence-corrected chi connectivity index (χ2v) is 9.88. The zero-order valence-electron chi connectivity index (χ0n) is 16.8. The largest absolute Gasteiger partial charge is 0.353 e. The maximum atomic E-state index is 14.6. The first-order valence-electron chi connectivity index (χ1n) is 10.0. The van der Waals surface area contributed by atoms with Gasteiger partial charge in [0.15, 0.2) is 13.4 Å². The highest BCUT2D eigenvalue weighted by Gasteiger charge is 2.33. The normalized spacial score (nSPS) is 17.0. The number of ether oxygens (including phenoxy) is 2. The smallest absolute Gasteiger partial charge is 0.176 e. The summed E-state index contributed by atoms with van der Waals surface area (Å²) in [4.78, 5) is 0. The van der Waals surface area contributed by atoms with Crippen LogP contribution in [0.2, 0.25) is 0 Å². The summed E-state index contributed by atoms with van der Waals surface area (Å²) in [6, 6.07) is 19.4. The summed E-state index contributed by atoms with van der Waals surface area (Å²) in [5, 5.41) is 2.32. The molecule has 28 heavy (non-hydrogen) atoms. The predicted molar refractivity (Wildman–Crippen MR) is 116 cm³/mol. The summed E-state index contributed by atoms with van der Waals surface area (Å²) in [6.45, 7) is 5.09. The third-order valence-corrected chi connectivity index (χ3v) is 8.10. The van der Waals surface area contributed by atoms with Crippen molar-refractivity contribution in [1.29, 1.82) is 0 Å². The first-order chi connectivity index (χ1) is 13.6. The van der Waals surface area contributed by atoms with Gasteiger partial charge in [-0.1, -0.05) is 67.6 Å². The molecule has 0 saturated carbocycles. The highest BCUT2D eigenvalue weighted by molar-refractivity contribution is 7.82. The molecule has 1 atom stereocenters. The van der Waals surface area contributed by atoms with Crippen LogP contribution in [0.1, 0.15) is 39.5 Å². The topological polar surface area (TPSA) is 35.5 Å². The van der Waals surface area contributed by atoms with Gasteiger partial charge in [-0.2, -0.15) is 0 Å². The maximum Gasteiger partial charge on any atom is 0.176 e. The number of hydrogen-bond donors (Lipinski definition) is 0. The molecule has 1 unspecified atom stereocenters. The molecular formula is C24H29O3P. The van der Waals surface area contributed by atoms with E-state index in [2.05, 4.69) is 12.7 Å². The molecule has 148 valence electrons. The number of benzene rings is 2. The summed E-state index contributed by atoms with van der Waals surface area (Å²) in [5.41, 5.74) is 4.50. The Morgan fingerprint density at radius 3 is 2.18 bits per heavy atom. The van der Waals surface area contributed by atoms with Crippen LogP contribution in [-0.2, 0) is 14.0 Å². The van der Waals surface area contributed by atoms with Gasteiger partial charge in [-0.3, -0.25) is 0 Å². The molecule has 0 aromatic heterocycles. The van der Waals surface area contributed by atoms with Crippen LogP contribution in [0.4, 0.5) is 0 Å². The lowest BCUT2D eigenvalue weighted by atomic mass is 10.2. The molecule has 3 rings (SSSR count). The summed E-state index contributed by atoms with van der Waals surface area (Å²) < 4.78 is 26.4. The summed E-state index contributed by atoms with van der Waals surface area (Å²) in [5.74, 6) is 0. The van der Waals surface area contributed by atoms with Gasteiger partial charge in [0.1, 0.15) is 0 Å². The van der Waals surface area contributed by atoms with Crippen LogP contribution in [0.15, 0.2) is 77.3 Å².